The molecular weight excluding hydrogens is 348 g/mol. The molecule has 1 aliphatic heterocycles. The highest BCUT2D eigenvalue weighted by molar-refractivity contribution is 6.35. The molecule has 9 nitrogen and oxygen atoms in total. The lowest BCUT2D eigenvalue weighted by molar-refractivity contribution is -0.146. The number of amides is 2. The minimum absolute atomic E-state index is 0.281. The summed E-state index contributed by atoms with van der Waals surface area (Å²) >= 11 is 0. The molecule has 2 aromatic heterocycles. The second-order valence-electron chi connectivity index (χ2n) is 7.35. The summed E-state index contributed by atoms with van der Waals surface area (Å²) in [5.74, 6) is 0.634. The van der Waals surface area contributed by atoms with Crippen LogP contribution in [0.15, 0.2) is 16.9 Å². The van der Waals surface area contributed by atoms with E-state index < -0.39 is 11.8 Å². The smallest absolute Gasteiger partial charge is 0.311 e. The van der Waals surface area contributed by atoms with Crippen LogP contribution in [0, 0.1) is 6.92 Å². The molecule has 0 bridgehead atoms. The first-order valence-corrected chi connectivity index (χ1v) is 9.50. The molecule has 1 aliphatic carbocycles. The number of piperidine rings is 1. The highest BCUT2D eigenvalue weighted by atomic mass is 16.5. The monoisotopic (exact) mass is 372 g/mol. The Kier molecular flexibility index (Phi) is 4.91. The van der Waals surface area contributed by atoms with Gasteiger partial charge >= 0.3 is 11.8 Å². The molecule has 0 aromatic carbocycles. The normalized spacial score (nSPS) is 17.9. The van der Waals surface area contributed by atoms with Crippen LogP contribution >= 0.6 is 0 Å². The summed E-state index contributed by atoms with van der Waals surface area (Å²) in [6.07, 6.45) is 8.10. The summed E-state index contributed by atoms with van der Waals surface area (Å²) in [6.45, 7) is 3.43. The Labute approximate surface area is 157 Å². The molecule has 0 spiro atoms. The molecule has 27 heavy (non-hydrogen) atoms. The van der Waals surface area contributed by atoms with Gasteiger partial charge in [0.2, 0.25) is 5.89 Å². The first-order chi connectivity index (χ1) is 13.1. The maximum absolute atomic E-state index is 12.3. The van der Waals surface area contributed by atoms with E-state index in [0.29, 0.717) is 37.9 Å². The number of hydrogen-bond acceptors (Lipinski definition) is 6. The van der Waals surface area contributed by atoms with E-state index in [-0.39, 0.29) is 6.04 Å². The van der Waals surface area contributed by atoms with E-state index in [1.54, 1.807) is 4.90 Å². The molecule has 2 aromatic rings. The molecule has 0 radical (unpaired) electrons. The molecule has 3 heterocycles. The molecule has 0 unspecified atom stereocenters. The fraction of sp³-hybridized carbons (Fsp3) is 0.611. The number of carbonyl (C=O) groups is 2. The van der Waals surface area contributed by atoms with Crippen molar-refractivity contribution in [3.05, 3.63) is 29.7 Å². The quantitative estimate of drug-likeness (QED) is 0.784. The Hall–Kier alpha value is -2.71. The molecule has 2 aliphatic rings. The predicted molar refractivity (Wildman–Crippen MR) is 94.8 cm³/mol. The Morgan fingerprint density at radius 3 is 2.70 bits per heavy atom. The van der Waals surface area contributed by atoms with Crippen molar-refractivity contribution < 1.29 is 14.1 Å². The van der Waals surface area contributed by atoms with Crippen LogP contribution in [0.4, 0.5) is 0 Å². The topological polar surface area (TPSA) is 106 Å². The van der Waals surface area contributed by atoms with Gasteiger partial charge in [-0.1, -0.05) is 5.16 Å². The number of nitrogens with one attached hydrogen (secondary N) is 1. The fourth-order valence-electron chi connectivity index (χ4n) is 3.35. The lowest BCUT2D eigenvalue weighted by atomic mass is 10.1. The minimum Gasteiger partial charge on any atom is -0.347 e. The van der Waals surface area contributed by atoms with E-state index in [2.05, 4.69) is 20.6 Å². The average Bonchev–Trinajstić information content (AvgIpc) is 3.27. The van der Waals surface area contributed by atoms with Crippen LogP contribution in [-0.2, 0) is 16.0 Å². The van der Waals surface area contributed by atoms with E-state index >= 15 is 0 Å². The zero-order valence-electron chi connectivity index (χ0n) is 15.4. The SMILES string of the molecule is Cc1cnn(C2CCN(C(=O)C(=O)NCCc3nc(C4CC4)no3)CC2)c1. The van der Waals surface area contributed by atoms with Crippen LogP contribution < -0.4 is 5.32 Å². The lowest BCUT2D eigenvalue weighted by Crippen LogP contribution is -2.47. The minimum atomic E-state index is -0.578. The largest absolute Gasteiger partial charge is 0.347 e. The summed E-state index contributed by atoms with van der Waals surface area (Å²) in [5.41, 5.74) is 1.12. The van der Waals surface area contributed by atoms with Crippen molar-refractivity contribution in [1.29, 1.82) is 0 Å². The number of nitrogens with zero attached hydrogens (tertiary/aromatic N) is 5. The molecule has 144 valence electrons. The van der Waals surface area contributed by atoms with Crippen LogP contribution in [0.5, 0.6) is 0 Å². The number of hydrogen-bond donors (Lipinski definition) is 1. The Bertz CT molecular complexity index is 817. The van der Waals surface area contributed by atoms with Crippen molar-refractivity contribution in [3.8, 4) is 0 Å². The first kappa shape index (κ1) is 17.7. The predicted octanol–water partition coefficient (Wildman–Crippen LogP) is 0.974. The number of aromatic nitrogens is 4. The summed E-state index contributed by atoms with van der Waals surface area (Å²) < 4.78 is 7.12. The second kappa shape index (κ2) is 7.50. The standard InChI is InChI=1S/C18H24N6O3/c1-12-10-20-24(11-12)14-5-8-23(9-6-14)18(26)17(25)19-7-4-15-21-16(22-27-15)13-2-3-13/h10-11,13-14H,2-9H2,1H3,(H,19,25). The number of carbonyl (C=O) groups excluding carboxylic acids is 2. The molecule has 4 rings (SSSR count). The van der Waals surface area contributed by atoms with Crippen molar-refractivity contribution in [2.24, 2.45) is 0 Å². The van der Waals surface area contributed by atoms with Gasteiger partial charge in [-0.25, -0.2) is 0 Å². The second-order valence-corrected chi connectivity index (χ2v) is 7.35. The number of aryl methyl sites for hydroxylation is 1. The number of likely N-dealkylation sites (tertiary alicyclic amines) is 1. The van der Waals surface area contributed by atoms with Crippen LogP contribution in [-0.4, -0.2) is 56.3 Å². The molecule has 1 saturated heterocycles. The van der Waals surface area contributed by atoms with Gasteiger partial charge < -0.3 is 14.7 Å². The maximum Gasteiger partial charge on any atom is 0.311 e. The number of rotatable bonds is 5. The highest BCUT2D eigenvalue weighted by Crippen LogP contribution is 2.38. The van der Waals surface area contributed by atoms with E-state index in [0.717, 1.165) is 37.1 Å². The molecule has 1 saturated carbocycles. The van der Waals surface area contributed by atoms with Gasteiger partial charge in [0.15, 0.2) is 5.82 Å². The average molecular weight is 372 g/mol. The Balaban J connectivity index is 1.20. The van der Waals surface area contributed by atoms with Gasteiger partial charge in [0.1, 0.15) is 0 Å². The molecular formula is C18H24N6O3. The third-order valence-corrected chi connectivity index (χ3v) is 5.10. The summed E-state index contributed by atoms with van der Waals surface area (Å²) in [4.78, 5) is 30.4. The maximum atomic E-state index is 12.3. The van der Waals surface area contributed by atoms with Crippen molar-refractivity contribution in [2.75, 3.05) is 19.6 Å². The van der Waals surface area contributed by atoms with Gasteiger partial charge in [-0.3, -0.25) is 14.3 Å². The zero-order chi connectivity index (χ0) is 18.8. The van der Waals surface area contributed by atoms with Gasteiger partial charge in [0, 0.05) is 38.2 Å². The van der Waals surface area contributed by atoms with Crippen molar-refractivity contribution in [1.82, 2.24) is 30.1 Å². The molecule has 9 heteroatoms. The highest BCUT2D eigenvalue weighted by Gasteiger charge is 2.29. The van der Waals surface area contributed by atoms with Gasteiger partial charge in [-0.2, -0.15) is 10.1 Å². The molecule has 1 N–H and O–H groups in total. The molecule has 2 amide bonds. The third kappa shape index (κ3) is 4.17. The molecule has 0 atom stereocenters. The Morgan fingerprint density at radius 2 is 2.04 bits per heavy atom. The van der Waals surface area contributed by atoms with Crippen LogP contribution in [0.25, 0.3) is 0 Å². The van der Waals surface area contributed by atoms with E-state index in [9.17, 15) is 9.59 Å². The first-order valence-electron chi connectivity index (χ1n) is 9.50. The molecule has 2 fully saturated rings. The van der Waals surface area contributed by atoms with Crippen LogP contribution in [0.3, 0.4) is 0 Å². The lowest BCUT2D eigenvalue weighted by Gasteiger charge is -2.31. The van der Waals surface area contributed by atoms with Crippen LogP contribution in [0.1, 0.15) is 54.9 Å². The van der Waals surface area contributed by atoms with E-state index in [1.807, 2.05) is 24.0 Å². The zero-order valence-corrected chi connectivity index (χ0v) is 15.4. The summed E-state index contributed by atoms with van der Waals surface area (Å²) in [5, 5.41) is 10.9. The Morgan fingerprint density at radius 1 is 1.26 bits per heavy atom. The van der Waals surface area contributed by atoms with Crippen molar-refractivity contribution in [3.63, 3.8) is 0 Å². The van der Waals surface area contributed by atoms with E-state index in [1.165, 1.54) is 0 Å². The van der Waals surface area contributed by atoms with Crippen LogP contribution in [0.2, 0.25) is 0 Å². The summed E-state index contributed by atoms with van der Waals surface area (Å²) in [6, 6.07) is 0.281. The van der Waals surface area contributed by atoms with E-state index in [4.69, 9.17) is 4.52 Å². The van der Waals surface area contributed by atoms with Crippen molar-refractivity contribution >= 4 is 11.8 Å². The fourth-order valence-corrected chi connectivity index (χ4v) is 3.35. The van der Waals surface area contributed by atoms with Gasteiger partial charge in [-0.15, -0.1) is 0 Å². The van der Waals surface area contributed by atoms with Crippen molar-refractivity contribution in [2.45, 2.75) is 51.0 Å². The van der Waals surface area contributed by atoms with Gasteiger partial charge in [0.05, 0.1) is 12.2 Å². The summed E-state index contributed by atoms with van der Waals surface area (Å²) in [7, 11) is 0. The van der Waals surface area contributed by atoms with Gasteiger partial charge in [-0.05, 0) is 38.2 Å². The third-order valence-electron chi connectivity index (χ3n) is 5.10. The van der Waals surface area contributed by atoms with Gasteiger partial charge in [0.25, 0.3) is 0 Å².